The van der Waals surface area contributed by atoms with E-state index in [2.05, 4.69) is 77.0 Å². The molecule has 4 rings (SSSR count). The molecule has 1 unspecified atom stereocenters. The molecular formula is C35H53N5O2. The number of piperazine rings is 1. The number of nitrogens with one attached hydrogen (secondary N) is 2. The van der Waals surface area contributed by atoms with E-state index in [4.69, 9.17) is 0 Å². The molecule has 2 heterocycles. The van der Waals surface area contributed by atoms with E-state index >= 15 is 0 Å². The predicted molar refractivity (Wildman–Crippen MR) is 174 cm³/mol. The highest BCUT2D eigenvalue weighted by Crippen LogP contribution is 2.31. The van der Waals surface area contributed by atoms with Crippen LogP contribution in [0.1, 0.15) is 52.0 Å². The fourth-order valence-corrected chi connectivity index (χ4v) is 6.47. The highest BCUT2D eigenvalue weighted by atomic mass is 16.3. The zero-order valence-corrected chi connectivity index (χ0v) is 26.3. The Morgan fingerprint density at radius 1 is 1.07 bits per heavy atom. The first-order valence-electron chi connectivity index (χ1n) is 15.6. The lowest BCUT2D eigenvalue weighted by Crippen LogP contribution is -2.53. The molecule has 0 spiro atoms. The quantitative estimate of drug-likeness (QED) is 0.166. The molecule has 42 heavy (non-hydrogen) atoms. The molecule has 7 heteroatoms. The summed E-state index contributed by atoms with van der Waals surface area (Å²) in [6, 6.07) is 5.57. The summed E-state index contributed by atoms with van der Waals surface area (Å²) < 4.78 is 0. The highest BCUT2D eigenvalue weighted by molar-refractivity contribution is 5.42. The van der Waals surface area contributed by atoms with E-state index < -0.39 is 0 Å². The van der Waals surface area contributed by atoms with Crippen molar-refractivity contribution in [2.24, 2.45) is 5.41 Å². The molecule has 7 nitrogen and oxygen atoms in total. The summed E-state index contributed by atoms with van der Waals surface area (Å²) in [5, 5.41) is 25.8. The van der Waals surface area contributed by atoms with Crippen LogP contribution < -0.4 is 10.6 Å². The average Bonchev–Trinajstić information content (AvgIpc) is 3.14. The standard InChI is InChI=1S/C35H53N5O2/c1-27-7-6-13-35(4,14-10-27)26-39-15-11-32(12-16-39)40-19-17-38(18-20-40)25-28(2)21-31(24-36-5)29(3)37-23-30-8-9-33(41)34(42)22-30/h6,8-10,13,21-22,24,32,36-37,41-42H,3,7,11-12,14-20,23,25-26H2,1-2,4-5H3/b28-21-,31-24+. The third-order valence-corrected chi connectivity index (χ3v) is 9.01. The summed E-state index contributed by atoms with van der Waals surface area (Å²) in [6.07, 6.45) is 16.3. The van der Waals surface area contributed by atoms with E-state index in [0.29, 0.717) is 6.54 Å². The molecule has 2 aliphatic heterocycles. The lowest BCUT2D eigenvalue weighted by Gasteiger charge is -2.44. The van der Waals surface area contributed by atoms with Gasteiger partial charge in [0, 0.05) is 81.8 Å². The molecule has 2 fully saturated rings. The summed E-state index contributed by atoms with van der Waals surface area (Å²) in [4.78, 5) is 8.01. The average molecular weight is 576 g/mol. The number of phenolic OH excluding ortho intramolecular Hbond substituents is 2. The van der Waals surface area contributed by atoms with Crippen LogP contribution in [0.4, 0.5) is 0 Å². The van der Waals surface area contributed by atoms with E-state index in [1.54, 1.807) is 12.1 Å². The number of piperidine rings is 1. The van der Waals surface area contributed by atoms with Crippen molar-refractivity contribution in [2.75, 3.05) is 59.4 Å². The Kier molecular flexibility index (Phi) is 11.4. The van der Waals surface area contributed by atoms with Gasteiger partial charge in [-0.3, -0.25) is 9.80 Å². The second-order valence-corrected chi connectivity index (χ2v) is 12.9. The van der Waals surface area contributed by atoms with Crippen molar-refractivity contribution < 1.29 is 10.2 Å². The topological polar surface area (TPSA) is 74.2 Å². The fraction of sp³-hybridized carbons (Fsp3) is 0.543. The van der Waals surface area contributed by atoms with Gasteiger partial charge in [-0.05, 0) is 70.3 Å². The Morgan fingerprint density at radius 3 is 2.50 bits per heavy atom. The van der Waals surface area contributed by atoms with Crippen LogP contribution in [0, 0.1) is 5.41 Å². The van der Waals surface area contributed by atoms with Crippen LogP contribution in [0.15, 0.2) is 77.7 Å². The van der Waals surface area contributed by atoms with Crippen molar-refractivity contribution in [3.63, 3.8) is 0 Å². The third kappa shape index (κ3) is 9.25. The number of phenols is 2. The van der Waals surface area contributed by atoms with Gasteiger partial charge in [-0.15, -0.1) is 0 Å². The molecule has 0 bridgehead atoms. The van der Waals surface area contributed by atoms with Gasteiger partial charge in [-0.25, -0.2) is 0 Å². The van der Waals surface area contributed by atoms with E-state index in [9.17, 15) is 10.2 Å². The molecule has 1 aromatic carbocycles. The molecule has 3 aliphatic rings. The molecule has 0 radical (unpaired) electrons. The lowest BCUT2D eigenvalue weighted by molar-refractivity contribution is 0.0548. The van der Waals surface area contributed by atoms with Crippen LogP contribution in [0.5, 0.6) is 11.5 Å². The molecule has 4 N–H and O–H groups in total. The predicted octanol–water partition coefficient (Wildman–Crippen LogP) is 5.14. The normalized spacial score (nSPS) is 23.9. The highest BCUT2D eigenvalue weighted by Gasteiger charge is 2.30. The summed E-state index contributed by atoms with van der Waals surface area (Å²) >= 11 is 0. The Hall–Kier alpha value is -3.00. The Morgan fingerprint density at radius 2 is 1.81 bits per heavy atom. The van der Waals surface area contributed by atoms with Gasteiger partial charge in [0.2, 0.25) is 0 Å². The maximum absolute atomic E-state index is 9.77. The summed E-state index contributed by atoms with van der Waals surface area (Å²) in [6.45, 7) is 20.7. The monoisotopic (exact) mass is 575 g/mol. The van der Waals surface area contributed by atoms with Crippen LogP contribution in [-0.4, -0.2) is 90.4 Å². The van der Waals surface area contributed by atoms with Crippen molar-refractivity contribution in [2.45, 2.75) is 59.0 Å². The summed E-state index contributed by atoms with van der Waals surface area (Å²) in [5.74, 6) is -0.226. The van der Waals surface area contributed by atoms with Gasteiger partial charge in [0.05, 0.1) is 0 Å². The maximum Gasteiger partial charge on any atom is 0.157 e. The number of allylic oxidation sites excluding steroid dienone is 4. The minimum atomic E-state index is -0.114. The van der Waals surface area contributed by atoms with Gasteiger partial charge < -0.3 is 25.7 Å². The smallest absolute Gasteiger partial charge is 0.157 e. The number of benzene rings is 1. The van der Waals surface area contributed by atoms with Crippen LogP contribution in [0.2, 0.25) is 0 Å². The molecule has 0 saturated carbocycles. The minimum Gasteiger partial charge on any atom is -0.504 e. The number of rotatable bonds is 11. The van der Waals surface area contributed by atoms with Gasteiger partial charge in [-0.2, -0.15) is 0 Å². The van der Waals surface area contributed by atoms with Crippen molar-refractivity contribution in [3.8, 4) is 11.5 Å². The van der Waals surface area contributed by atoms with E-state index in [-0.39, 0.29) is 16.9 Å². The number of aromatic hydroxyl groups is 2. The third-order valence-electron chi connectivity index (χ3n) is 9.01. The SMILES string of the molecule is C=C(NCc1ccc(O)c(O)c1)C(/C=C(/C)CN1CCN(C2CCN(CC3(C)C=CCC(C)=CC3)CC2)CC1)=C/NC. The molecule has 0 aromatic heterocycles. The van der Waals surface area contributed by atoms with Crippen molar-refractivity contribution in [1.82, 2.24) is 25.3 Å². The van der Waals surface area contributed by atoms with Crippen molar-refractivity contribution >= 4 is 0 Å². The molecule has 1 atom stereocenters. The Bertz CT molecular complexity index is 1190. The lowest BCUT2D eigenvalue weighted by atomic mass is 9.85. The largest absolute Gasteiger partial charge is 0.504 e. The van der Waals surface area contributed by atoms with E-state index in [1.165, 1.54) is 49.7 Å². The van der Waals surface area contributed by atoms with Crippen LogP contribution in [0.25, 0.3) is 0 Å². The van der Waals surface area contributed by atoms with E-state index in [0.717, 1.165) is 68.4 Å². The number of likely N-dealkylation sites (tertiary alicyclic amines) is 1. The molecule has 1 aliphatic carbocycles. The Balaban J connectivity index is 1.20. The van der Waals surface area contributed by atoms with Gasteiger partial charge in [0.1, 0.15) is 0 Å². The maximum atomic E-state index is 9.77. The van der Waals surface area contributed by atoms with E-state index in [1.807, 2.05) is 13.2 Å². The van der Waals surface area contributed by atoms with Gasteiger partial charge in [0.15, 0.2) is 11.5 Å². The van der Waals surface area contributed by atoms with Crippen molar-refractivity contribution in [3.05, 3.63) is 83.3 Å². The molecule has 0 amide bonds. The molecule has 1 aromatic rings. The second kappa shape index (κ2) is 14.9. The second-order valence-electron chi connectivity index (χ2n) is 12.9. The zero-order valence-electron chi connectivity index (χ0n) is 26.3. The van der Waals surface area contributed by atoms with Crippen LogP contribution in [0.3, 0.4) is 0 Å². The first-order valence-corrected chi connectivity index (χ1v) is 15.6. The van der Waals surface area contributed by atoms with Crippen LogP contribution >= 0.6 is 0 Å². The van der Waals surface area contributed by atoms with Crippen molar-refractivity contribution in [1.29, 1.82) is 0 Å². The van der Waals surface area contributed by atoms with Gasteiger partial charge in [-0.1, -0.05) is 55.0 Å². The van der Waals surface area contributed by atoms with Gasteiger partial charge >= 0.3 is 0 Å². The first kappa shape index (κ1) is 31.9. The van der Waals surface area contributed by atoms with Gasteiger partial charge in [0.25, 0.3) is 0 Å². The first-order chi connectivity index (χ1) is 20.1. The summed E-state index contributed by atoms with van der Waals surface area (Å²) in [5.41, 5.74) is 5.75. The number of hydrogen-bond acceptors (Lipinski definition) is 7. The fourth-order valence-electron chi connectivity index (χ4n) is 6.47. The molecule has 230 valence electrons. The molecular weight excluding hydrogens is 522 g/mol. The zero-order chi connectivity index (χ0) is 30.1. The minimum absolute atomic E-state index is 0.112. The van der Waals surface area contributed by atoms with Crippen LogP contribution in [-0.2, 0) is 6.54 Å². The Labute approximate surface area is 254 Å². The number of nitrogens with zero attached hydrogens (tertiary/aromatic N) is 3. The summed E-state index contributed by atoms with van der Waals surface area (Å²) in [7, 11) is 1.89. The molecule has 2 saturated heterocycles. The number of hydrogen-bond donors (Lipinski definition) is 4.